The summed E-state index contributed by atoms with van der Waals surface area (Å²) in [7, 11) is 0. The Balaban J connectivity index is 2.34. The third-order valence-electron chi connectivity index (χ3n) is 2.96. The van der Waals surface area contributed by atoms with Crippen molar-refractivity contribution in [3.63, 3.8) is 0 Å². The second-order valence-electron chi connectivity index (χ2n) is 4.21. The van der Waals surface area contributed by atoms with Crippen LogP contribution in [0.3, 0.4) is 0 Å². The van der Waals surface area contributed by atoms with Gasteiger partial charge in [-0.25, -0.2) is 0 Å². The van der Waals surface area contributed by atoms with E-state index < -0.39 is 0 Å². The van der Waals surface area contributed by atoms with E-state index in [9.17, 15) is 4.79 Å². The summed E-state index contributed by atoms with van der Waals surface area (Å²) in [5, 5.41) is 3.26. The molecule has 1 heterocycles. The molecule has 1 fully saturated rings. The Morgan fingerprint density at radius 1 is 1.53 bits per heavy atom. The van der Waals surface area contributed by atoms with Crippen molar-refractivity contribution in [2.24, 2.45) is 0 Å². The molecule has 0 radical (unpaired) electrons. The van der Waals surface area contributed by atoms with Crippen LogP contribution in [0.2, 0.25) is 0 Å². The minimum atomic E-state index is -0.0852. The van der Waals surface area contributed by atoms with E-state index in [1.165, 1.54) is 12.2 Å². The molecule has 0 saturated carbocycles. The number of nitrogens with one attached hydrogen (secondary N) is 1. The lowest BCUT2D eigenvalue weighted by molar-refractivity contribution is -0.150. The van der Waals surface area contributed by atoms with Crippen LogP contribution >= 0.6 is 11.8 Å². The number of esters is 1. The van der Waals surface area contributed by atoms with Crippen molar-refractivity contribution in [2.75, 3.05) is 44.8 Å². The molecule has 0 aromatic carbocycles. The molecule has 0 amide bonds. The van der Waals surface area contributed by atoms with Gasteiger partial charge in [-0.3, -0.25) is 9.69 Å². The van der Waals surface area contributed by atoms with Gasteiger partial charge < -0.3 is 10.1 Å². The summed E-state index contributed by atoms with van der Waals surface area (Å²) < 4.78 is 5.11. The maximum absolute atomic E-state index is 11.8. The fraction of sp³-hybridized carbons (Fsp3) is 0.917. The zero-order chi connectivity index (χ0) is 12.5. The molecule has 1 N–H and O–H groups in total. The number of carbonyl (C=O) groups is 1. The zero-order valence-electron chi connectivity index (χ0n) is 10.9. The predicted octanol–water partition coefficient (Wildman–Crippen LogP) is 0.967. The van der Waals surface area contributed by atoms with Gasteiger partial charge in [-0.15, -0.1) is 0 Å². The number of unbranched alkanes of at least 4 members (excludes halogenated alkanes) is 1. The summed E-state index contributed by atoms with van der Waals surface area (Å²) in [6.45, 7) is 5.97. The van der Waals surface area contributed by atoms with E-state index in [-0.39, 0.29) is 12.0 Å². The first-order valence-electron chi connectivity index (χ1n) is 6.40. The Kier molecular flexibility index (Phi) is 7.64. The van der Waals surface area contributed by atoms with Crippen LogP contribution in [0.5, 0.6) is 0 Å². The van der Waals surface area contributed by atoms with E-state index >= 15 is 0 Å². The number of rotatable bonds is 7. The highest BCUT2D eigenvalue weighted by molar-refractivity contribution is 7.98. The summed E-state index contributed by atoms with van der Waals surface area (Å²) in [4.78, 5) is 14.0. The molecule has 0 bridgehead atoms. The Bertz CT molecular complexity index is 227. The quantitative estimate of drug-likeness (QED) is 0.545. The summed E-state index contributed by atoms with van der Waals surface area (Å²) in [6.07, 6.45) is 4.52. The Hall–Kier alpha value is -0.260. The molecule has 5 heteroatoms. The number of nitrogens with zero attached hydrogens (tertiary/aromatic N) is 1. The first-order valence-corrected chi connectivity index (χ1v) is 7.79. The van der Waals surface area contributed by atoms with Gasteiger partial charge in [0, 0.05) is 19.6 Å². The third kappa shape index (κ3) is 5.27. The molecule has 1 rings (SSSR count). The lowest BCUT2D eigenvalue weighted by Gasteiger charge is -2.34. The minimum absolute atomic E-state index is 0.0791. The van der Waals surface area contributed by atoms with Gasteiger partial charge in [0.05, 0.1) is 6.61 Å². The fourth-order valence-electron chi connectivity index (χ4n) is 2.05. The first-order chi connectivity index (χ1) is 8.29. The molecule has 1 aliphatic rings. The molecule has 0 spiro atoms. The molecule has 17 heavy (non-hydrogen) atoms. The maximum Gasteiger partial charge on any atom is 0.324 e. The van der Waals surface area contributed by atoms with Crippen LogP contribution in [0.4, 0.5) is 0 Å². The van der Waals surface area contributed by atoms with Crippen LogP contribution in [-0.2, 0) is 9.53 Å². The second-order valence-corrected chi connectivity index (χ2v) is 5.19. The third-order valence-corrected chi connectivity index (χ3v) is 3.65. The summed E-state index contributed by atoms with van der Waals surface area (Å²) in [6, 6.07) is -0.0852. The number of piperazine rings is 1. The maximum atomic E-state index is 11.8. The van der Waals surface area contributed by atoms with E-state index in [2.05, 4.69) is 16.5 Å². The number of hydrogen-bond donors (Lipinski definition) is 1. The number of ether oxygens (including phenoxy) is 1. The molecule has 1 aliphatic heterocycles. The van der Waals surface area contributed by atoms with E-state index in [0.717, 1.165) is 32.6 Å². The van der Waals surface area contributed by atoms with Gasteiger partial charge in [0.1, 0.15) is 6.04 Å². The number of carbonyl (C=O) groups excluding carboxylic acids is 1. The topological polar surface area (TPSA) is 41.6 Å². The molecule has 1 atom stereocenters. The van der Waals surface area contributed by atoms with Gasteiger partial charge in [0.15, 0.2) is 0 Å². The summed E-state index contributed by atoms with van der Waals surface area (Å²) >= 11 is 1.88. The average Bonchev–Trinajstić information content (AvgIpc) is 2.35. The molecule has 4 nitrogen and oxygen atoms in total. The largest absolute Gasteiger partial charge is 0.465 e. The normalized spacial score (nSPS) is 21.4. The summed E-state index contributed by atoms with van der Waals surface area (Å²) in [5.41, 5.74) is 0. The molecule has 0 aromatic heterocycles. The second kappa shape index (κ2) is 8.78. The fourth-order valence-corrected chi connectivity index (χ4v) is 2.54. The zero-order valence-corrected chi connectivity index (χ0v) is 11.7. The van der Waals surface area contributed by atoms with Crippen LogP contribution in [-0.4, -0.2) is 61.7 Å². The Morgan fingerprint density at radius 2 is 2.35 bits per heavy atom. The van der Waals surface area contributed by atoms with Crippen molar-refractivity contribution in [3.05, 3.63) is 0 Å². The lowest BCUT2D eigenvalue weighted by Crippen LogP contribution is -2.55. The van der Waals surface area contributed by atoms with E-state index in [1.807, 2.05) is 18.7 Å². The van der Waals surface area contributed by atoms with Gasteiger partial charge in [-0.2, -0.15) is 11.8 Å². The van der Waals surface area contributed by atoms with Crippen LogP contribution in [0.1, 0.15) is 19.8 Å². The van der Waals surface area contributed by atoms with E-state index in [1.54, 1.807) is 0 Å². The molecular formula is C12H24N2O2S. The van der Waals surface area contributed by atoms with E-state index in [4.69, 9.17) is 4.74 Å². The van der Waals surface area contributed by atoms with Crippen LogP contribution in [0, 0.1) is 0 Å². The smallest absolute Gasteiger partial charge is 0.324 e. The highest BCUT2D eigenvalue weighted by Gasteiger charge is 2.28. The molecular weight excluding hydrogens is 236 g/mol. The highest BCUT2D eigenvalue weighted by atomic mass is 32.2. The van der Waals surface area contributed by atoms with Crippen molar-refractivity contribution in [1.29, 1.82) is 0 Å². The van der Waals surface area contributed by atoms with Gasteiger partial charge in [-0.05, 0) is 38.3 Å². The molecule has 1 unspecified atom stereocenters. The molecule has 100 valence electrons. The van der Waals surface area contributed by atoms with Crippen molar-refractivity contribution in [3.8, 4) is 0 Å². The van der Waals surface area contributed by atoms with Crippen molar-refractivity contribution < 1.29 is 9.53 Å². The average molecular weight is 260 g/mol. The summed E-state index contributed by atoms with van der Waals surface area (Å²) in [5.74, 6) is 1.13. The molecule has 0 aliphatic carbocycles. The Morgan fingerprint density at radius 3 is 3.06 bits per heavy atom. The first kappa shape index (κ1) is 14.8. The molecule has 0 aromatic rings. The van der Waals surface area contributed by atoms with Crippen LogP contribution < -0.4 is 5.32 Å². The number of hydrogen-bond acceptors (Lipinski definition) is 5. The van der Waals surface area contributed by atoms with Crippen LogP contribution in [0.15, 0.2) is 0 Å². The number of thioether (sulfide) groups is 1. The van der Waals surface area contributed by atoms with Crippen molar-refractivity contribution in [1.82, 2.24) is 10.2 Å². The monoisotopic (exact) mass is 260 g/mol. The SMILES string of the molecule is CCOC(=O)C1CNCCN1CCCCSC. The molecule has 1 saturated heterocycles. The van der Waals surface area contributed by atoms with Gasteiger partial charge in [0.2, 0.25) is 0 Å². The van der Waals surface area contributed by atoms with Crippen molar-refractivity contribution in [2.45, 2.75) is 25.8 Å². The standard InChI is InChI=1S/C12H24N2O2S/c1-3-16-12(15)11-10-13-6-8-14(11)7-4-5-9-17-2/h11,13H,3-10H2,1-2H3. The van der Waals surface area contributed by atoms with Gasteiger partial charge in [-0.1, -0.05) is 0 Å². The predicted molar refractivity (Wildman–Crippen MR) is 72.5 cm³/mol. The van der Waals surface area contributed by atoms with Crippen LogP contribution in [0.25, 0.3) is 0 Å². The van der Waals surface area contributed by atoms with E-state index in [0.29, 0.717) is 6.61 Å². The lowest BCUT2D eigenvalue weighted by atomic mass is 10.1. The highest BCUT2D eigenvalue weighted by Crippen LogP contribution is 2.08. The minimum Gasteiger partial charge on any atom is -0.465 e. The Labute approximate surface area is 108 Å². The van der Waals surface area contributed by atoms with Crippen molar-refractivity contribution >= 4 is 17.7 Å². The van der Waals surface area contributed by atoms with Gasteiger partial charge in [0.25, 0.3) is 0 Å². The van der Waals surface area contributed by atoms with Gasteiger partial charge >= 0.3 is 5.97 Å².